The SMILES string of the molecule is CC/C=C\C/C=C\C/C=C\C/C=C\C/C=C\C/C=C\CCCCC(=O)OC(/C=C\CCCCCCCCCCC)C(COP(=O)(O)OCC[N+](C)(C)C)NC(=O)CCCCCCCCCCCCCCCCC/C=C\C/C=C\CCCCC. The van der Waals surface area contributed by atoms with Gasteiger partial charge in [0.1, 0.15) is 19.3 Å². The van der Waals surface area contributed by atoms with Crippen LogP contribution in [0.5, 0.6) is 0 Å². The molecule has 2 N–H and O–H groups in total. The molecule has 0 spiro atoms. The Hall–Kier alpha value is -3.33. The van der Waals surface area contributed by atoms with Gasteiger partial charge in [0, 0.05) is 12.8 Å². The summed E-state index contributed by atoms with van der Waals surface area (Å²) in [6.07, 6.45) is 85.3. The molecule has 0 aliphatic rings. The highest BCUT2D eigenvalue weighted by molar-refractivity contribution is 7.47. The highest BCUT2D eigenvalue weighted by atomic mass is 31.2. The van der Waals surface area contributed by atoms with E-state index in [1.807, 2.05) is 33.3 Å². The number of esters is 1. The number of hydrogen-bond donors (Lipinski definition) is 2. The summed E-state index contributed by atoms with van der Waals surface area (Å²) in [6, 6.07) is -0.873. The third kappa shape index (κ3) is 63.0. The highest BCUT2D eigenvalue weighted by Gasteiger charge is 2.30. The minimum Gasteiger partial charge on any atom is -0.456 e. The summed E-state index contributed by atoms with van der Waals surface area (Å²) in [5, 5.41) is 3.05. The van der Waals surface area contributed by atoms with E-state index >= 15 is 0 Å². The van der Waals surface area contributed by atoms with Crippen LogP contribution in [-0.2, 0) is 27.9 Å². The van der Waals surface area contributed by atoms with Crippen LogP contribution < -0.4 is 5.32 Å². The van der Waals surface area contributed by atoms with Gasteiger partial charge in [0.15, 0.2) is 0 Å². The van der Waals surface area contributed by atoms with E-state index in [9.17, 15) is 19.0 Å². The molecule has 0 saturated heterocycles. The van der Waals surface area contributed by atoms with Crippen LogP contribution in [0.15, 0.2) is 109 Å². The van der Waals surface area contributed by atoms with E-state index in [0.717, 1.165) is 96.3 Å². The molecule has 0 aromatic carbocycles. The predicted octanol–water partition coefficient (Wildman–Crippen LogP) is 21.7. The summed E-state index contributed by atoms with van der Waals surface area (Å²) >= 11 is 0. The Morgan fingerprint density at radius 2 is 0.771 bits per heavy atom. The molecule has 0 fully saturated rings. The Morgan fingerprint density at radius 1 is 0.434 bits per heavy atom. The third-order valence-corrected chi connectivity index (χ3v) is 15.7. The molecular formula is C73H130N2O7P+. The number of carbonyl (C=O) groups excluding carboxylic acids is 2. The maximum atomic E-state index is 13.6. The summed E-state index contributed by atoms with van der Waals surface area (Å²) < 4.78 is 30.7. The van der Waals surface area contributed by atoms with Crippen LogP contribution in [-0.4, -0.2) is 74.3 Å². The number of rotatable bonds is 61. The fourth-order valence-electron chi connectivity index (χ4n) is 9.44. The van der Waals surface area contributed by atoms with Gasteiger partial charge in [-0.3, -0.25) is 18.6 Å². The van der Waals surface area contributed by atoms with Crippen LogP contribution in [0.1, 0.15) is 290 Å². The fraction of sp³-hybridized carbons (Fsp3) is 0.726. The maximum absolute atomic E-state index is 13.6. The molecule has 1 amide bonds. The van der Waals surface area contributed by atoms with Crippen LogP contribution in [0, 0.1) is 0 Å². The quantitative estimate of drug-likeness (QED) is 0.0205. The van der Waals surface area contributed by atoms with Gasteiger partial charge in [0.25, 0.3) is 0 Å². The summed E-state index contributed by atoms with van der Waals surface area (Å²) in [6.45, 7) is 6.85. The van der Waals surface area contributed by atoms with Crippen molar-refractivity contribution in [3.8, 4) is 0 Å². The van der Waals surface area contributed by atoms with Crippen molar-refractivity contribution >= 4 is 19.7 Å². The lowest BCUT2D eigenvalue weighted by Gasteiger charge is -2.27. The number of nitrogens with zero attached hydrogens (tertiary/aromatic N) is 1. The van der Waals surface area contributed by atoms with Crippen molar-refractivity contribution in [1.82, 2.24) is 5.32 Å². The molecule has 0 aliphatic heterocycles. The molecule has 9 nitrogen and oxygen atoms in total. The van der Waals surface area contributed by atoms with Crippen molar-refractivity contribution in [1.29, 1.82) is 0 Å². The molecular weight excluding hydrogens is 1050 g/mol. The largest absolute Gasteiger partial charge is 0.472 e. The molecule has 0 aromatic rings. The smallest absolute Gasteiger partial charge is 0.456 e. The molecule has 0 aliphatic carbocycles. The van der Waals surface area contributed by atoms with E-state index in [2.05, 4.69) is 123 Å². The second-order valence-electron chi connectivity index (χ2n) is 24.0. The first-order valence-electron chi connectivity index (χ1n) is 34.2. The van der Waals surface area contributed by atoms with Crippen LogP contribution in [0.4, 0.5) is 0 Å². The van der Waals surface area contributed by atoms with Gasteiger partial charge < -0.3 is 19.4 Å². The van der Waals surface area contributed by atoms with Gasteiger partial charge >= 0.3 is 13.8 Å². The summed E-state index contributed by atoms with van der Waals surface area (Å²) in [5.41, 5.74) is 0. The van der Waals surface area contributed by atoms with Gasteiger partial charge in [-0.1, -0.05) is 272 Å². The van der Waals surface area contributed by atoms with E-state index in [1.54, 1.807) is 0 Å². The lowest BCUT2D eigenvalue weighted by Crippen LogP contribution is -2.47. The van der Waals surface area contributed by atoms with E-state index in [1.165, 1.54) is 154 Å². The van der Waals surface area contributed by atoms with Gasteiger partial charge in [-0.15, -0.1) is 0 Å². The Balaban J connectivity index is 5.13. The van der Waals surface area contributed by atoms with Gasteiger partial charge in [0.05, 0.1) is 33.8 Å². The molecule has 0 bridgehead atoms. The first-order valence-corrected chi connectivity index (χ1v) is 35.7. The summed E-state index contributed by atoms with van der Waals surface area (Å²) in [5.74, 6) is -0.556. The zero-order valence-electron chi connectivity index (χ0n) is 54.7. The Bertz CT molecular complexity index is 1790. The van der Waals surface area contributed by atoms with Crippen molar-refractivity contribution in [2.24, 2.45) is 0 Å². The van der Waals surface area contributed by atoms with Crippen LogP contribution in [0.2, 0.25) is 0 Å². The first kappa shape index (κ1) is 79.7. The average molecular weight is 1180 g/mol. The monoisotopic (exact) mass is 1180 g/mol. The lowest BCUT2D eigenvalue weighted by molar-refractivity contribution is -0.870. The topological polar surface area (TPSA) is 111 Å². The first-order chi connectivity index (χ1) is 40.4. The Morgan fingerprint density at radius 3 is 1.19 bits per heavy atom. The second kappa shape index (κ2) is 61.7. The standard InChI is InChI=1S/C73H129N2O7P/c1-7-10-13-16-19-22-25-27-29-31-33-35-36-37-38-40-41-43-45-47-50-53-56-59-62-65-72(76)74-70(69-81-83(78,79)80-68-67-75(4,5)6)71(64-61-58-55-52-49-24-21-18-15-12-9-3)82-73(77)66-63-60-57-54-51-48-46-44-42-39-34-32-30-28-26-23-20-17-14-11-8-2/h11,14,19-20,22-23,27-30,34,39,44,46,51,54,61,64,70-71H,7-10,12-13,15-18,21,24-26,31-33,35-38,40-43,45,47-50,52-53,55-60,62-63,65-69H2,1-6H3,(H-,74,76,78,79)/p+1/b14-11-,22-19-,23-20-,29-27-,30-28-,39-34-,46-44-,54-51-,64-61-. The zero-order valence-corrected chi connectivity index (χ0v) is 55.6. The molecule has 83 heavy (non-hydrogen) atoms. The van der Waals surface area contributed by atoms with Crippen molar-refractivity contribution in [2.75, 3.05) is 40.9 Å². The number of hydrogen-bond acceptors (Lipinski definition) is 6. The van der Waals surface area contributed by atoms with Crippen molar-refractivity contribution in [3.05, 3.63) is 109 Å². The number of amides is 1. The molecule has 0 aromatic heterocycles. The minimum atomic E-state index is -4.47. The maximum Gasteiger partial charge on any atom is 0.472 e. The van der Waals surface area contributed by atoms with Crippen LogP contribution >= 0.6 is 7.82 Å². The van der Waals surface area contributed by atoms with Crippen molar-refractivity contribution in [2.45, 2.75) is 303 Å². The van der Waals surface area contributed by atoms with Gasteiger partial charge in [-0.2, -0.15) is 0 Å². The van der Waals surface area contributed by atoms with E-state index in [4.69, 9.17) is 13.8 Å². The zero-order chi connectivity index (χ0) is 60.7. The molecule has 3 atom stereocenters. The molecule has 0 rings (SSSR count). The van der Waals surface area contributed by atoms with Gasteiger partial charge in [0.2, 0.25) is 5.91 Å². The summed E-state index contributed by atoms with van der Waals surface area (Å²) in [4.78, 5) is 37.8. The van der Waals surface area contributed by atoms with Crippen molar-refractivity contribution in [3.63, 3.8) is 0 Å². The Kier molecular flexibility index (Phi) is 59.3. The number of ether oxygens (including phenoxy) is 1. The second-order valence-corrected chi connectivity index (χ2v) is 25.4. The predicted molar refractivity (Wildman–Crippen MR) is 360 cm³/mol. The highest BCUT2D eigenvalue weighted by Crippen LogP contribution is 2.43. The normalized spacial score (nSPS) is 14.3. The molecule has 0 saturated carbocycles. The summed E-state index contributed by atoms with van der Waals surface area (Å²) in [7, 11) is 1.46. The molecule has 0 heterocycles. The molecule has 3 unspecified atom stereocenters. The van der Waals surface area contributed by atoms with E-state index < -0.39 is 20.0 Å². The van der Waals surface area contributed by atoms with Crippen LogP contribution in [0.25, 0.3) is 0 Å². The molecule has 10 heteroatoms. The van der Waals surface area contributed by atoms with E-state index in [0.29, 0.717) is 23.9 Å². The molecule has 0 radical (unpaired) electrons. The third-order valence-electron chi connectivity index (χ3n) is 14.7. The molecule has 478 valence electrons. The van der Waals surface area contributed by atoms with Gasteiger partial charge in [-0.25, -0.2) is 4.57 Å². The number of unbranched alkanes of at least 4 members (excludes halogenated alkanes) is 29. The number of carbonyl (C=O) groups is 2. The number of phosphoric acid groups is 1. The lowest BCUT2D eigenvalue weighted by atomic mass is 10.0. The Labute approximate surface area is 512 Å². The van der Waals surface area contributed by atoms with Crippen LogP contribution in [0.3, 0.4) is 0 Å². The number of quaternary nitrogens is 1. The van der Waals surface area contributed by atoms with Gasteiger partial charge in [-0.05, 0) is 115 Å². The number of allylic oxidation sites excluding steroid dienone is 17. The number of nitrogens with one attached hydrogen (secondary N) is 1. The van der Waals surface area contributed by atoms with Crippen molar-refractivity contribution < 1.29 is 37.3 Å². The number of likely N-dealkylation sites (N-methyl/N-ethyl adjacent to an activating group) is 1. The van der Waals surface area contributed by atoms with E-state index in [-0.39, 0.29) is 31.5 Å². The fourth-order valence-corrected chi connectivity index (χ4v) is 10.2. The number of phosphoric ester groups is 1. The minimum absolute atomic E-state index is 0.0287. The average Bonchev–Trinajstić information content (AvgIpc) is 3.51.